The fraction of sp³-hybridized carbons (Fsp3) is 0.545. The van der Waals surface area contributed by atoms with Crippen LogP contribution in [0, 0.1) is 17.3 Å². The first kappa shape index (κ1) is 50.5. The predicted octanol–water partition coefficient (Wildman–Crippen LogP) is 5.89. The lowest BCUT2D eigenvalue weighted by Gasteiger charge is -2.31. The topological polar surface area (TPSA) is 205 Å². The summed E-state index contributed by atoms with van der Waals surface area (Å²) in [7, 11) is 1.48. The number of carbonyl (C=O) groups excluding carboxylic acids is 6. The van der Waals surface area contributed by atoms with E-state index in [1.807, 2.05) is 13.8 Å². The number of carbonyl (C=O) groups is 6. The van der Waals surface area contributed by atoms with Crippen LogP contribution in [0.2, 0.25) is 5.02 Å². The summed E-state index contributed by atoms with van der Waals surface area (Å²) in [4.78, 5) is 78.3. The first-order valence-electron chi connectivity index (χ1n) is 20.0. The fourth-order valence-electron chi connectivity index (χ4n) is 5.92. The Hall–Kier alpha value is -4.86. The molecule has 4 N–H and O–H groups in total. The number of benzene rings is 2. The van der Waals surface area contributed by atoms with E-state index in [9.17, 15) is 33.9 Å². The van der Waals surface area contributed by atoms with Crippen molar-refractivity contribution in [2.24, 2.45) is 17.3 Å². The number of rotatable bonds is 13. The molecule has 1 aliphatic heterocycles. The second kappa shape index (κ2) is 22.8. The van der Waals surface area contributed by atoms with Crippen LogP contribution in [-0.2, 0) is 55.9 Å². The zero-order valence-electron chi connectivity index (χ0n) is 36.2. The highest BCUT2D eigenvalue weighted by Gasteiger charge is 2.38. The molecule has 17 heteroatoms. The molecule has 0 saturated carbocycles. The van der Waals surface area contributed by atoms with E-state index in [-0.39, 0.29) is 44.9 Å². The zero-order valence-corrected chi connectivity index (χ0v) is 37.7. The number of nitrogens with one attached hydrogen (secondary N) is 3. The highest BCUT2D eigenvalue weighted by molar-refractivity contribution is 6.32. The summed E-state index contributed by atoms with van der Waals surface area (Å²) in [6.07, 6.45) is -1.69. The molecular formula is C44H59Cl2N3O12. The Morgan fingerprint density at radius 2 is 1.67 bits per heavy atom. The quantitative estimate of drug-likeness (QED) is 0.0805. The van der Waals surface area contributed by atoms with Crippen LogP contribution in [0.5, 0.6) is 5.75 Å². The predicted molar refractivity (Wildman–Crippen MR) is 228 cm³/mol. The smallest absolute Gasteiger partial charge is 0.408 e. The number of amides is 3. The highest BCUT2D eigenvalue weighted by atomic mass is 35.5. The number of ether oxygens (including phenoxy) is 5. The van der Waals surface area contributed by atoms with E-state index in [2.05, 4.69) is 16.0 Å². The first-order chi connectivity index (χ1) is 28.5. The molecule has 0 spiro atoms. The molecule has 1 heterocycles. The third-order valence-corrected chi connectivity index (χ3v) is 10.3. The number of hydrogen-bond donors (Lipinski definition) is 4. The lowest BCUT2D eigenvalue weighted by molar-refractivity contribution is -0.178. The van der Waals surface area contributed by atoms with Gasteiger partial charge in [-0.25, -0.2) is 9.59 Å². The van der Waals surface area contributed by atoms with Gasteiger partial charge < -0.3 is 44.7 Å². The molecule has 0 bridgehead atoms. The van der Waals surface area contributed by atoms with E-state index in [1.165, 1.54) is 19.3 Å². The summed E-state index contributed by atoms with van der Waals surface area (Å²) in [5.41, 5.74) is -0.277. The van der Waals surface area contributed by atoms with Gasteiger partial charge in [0, 0.05) is 25.3 Å². The van der Waals surface area contributed by atoms with Crippen molar-refractivity contribution in [3.8, 4) is 5.75 Å². The molecule has 1 aliphatic rings. The summed E-state index contributed by atoms with van der Waals surface area (Å²) < 4.78 is 27.3. The number of aliphatic hydroxyl groups is 1. The van der Waals surface area contributed by atoms with Crippen molar-refractivity contribution in [2.75, 3.05) is 20.2 Å². The van der Waals surface area contributed by atoms with Crippen LogP contribution in [0.3, 0.4) is 0 Å². The average Bonchev–Trinajstić information content (AvgIpc) is 3.18. The van der Waals surface area contributed by atoms with Crippen LogP contribution >= 0.6 is 23.2 Å². The van der Waals surface area contributed by atoms with Crippen molar-refractivity contribution in [1.82, 2.24) is 16.0 Å². The van der Waals surface area contributed by atoms with Crippen LogP contribution in [-0.4, -0.2) is 91.1 Å². The summed E-state index contributed by atoms with van der Waals surface area (Å²) >= 11 is 13.1. The summed E-state index contributed by atoms with van der Waals surface area (Å²) in [6.45, 7) is 12.9. The van der Waals surface area contributed by atoms with Gasteiger partial charge in [0.2, 0.25) is 11.8 Å². The maximum atomic E-state index is 13.8. The van der Waals surface area contributed by atoms with E-state index in [0.29, 0.717) is 27.5 Å². The van der Waals surface area contributed by atoms with E-state index in [0.717, 1.165) is 0 Å². The van der Waals surface area contributed by atoms with Gasteiger partial charge in [-0.3, -0.25) is 19.2 Å². The van der Waals surface area contributed by atoms with Crippen molar-refractivity contribution in [1.29, 1.82) is 0 Å². The van der Waals surface area contributed by atoms with Crippen molar-refractivity contribution in [3.63, 3.8) is 0 Å². The molecule has 0 radical (unpaired) electrons. The summed E-state index contributed by atoms with van der Waals surface area (Å²) in [5, 5.41) is 18.7. The molecule has 0 aromatic heterocycles. The minimum Gasteiger partial charge on any atom is -0.495 e. The van der Waals surface area contributed by atoms with Crippen LogP contribution in [0.25, 0.3) is 0 Å². The number of hydrogen-bond acceptors (Lipinski definition) is 12. The number of alkyl halides is 1. The Labute approximate surface area is 367 Å². The van der Waals surface area contributed by atoms with Crippen molar-refractivity contribution < 1.29 is 57.6 Å². The van der Waals surface area contributed by atoms with E-state index in [1.54, 1.807) is 84.0 Å². The van der Waals surface area contributed by atoms with Crippen molar-refractivity contribution in [2.45, 2.75) is 117 Å². The second-order valence-corrected chi connectivity index (χ2v) is 17.8. The SMILES string of the molecule is COc1ccc(C[C@H]2NC(=O)CC=CC([C@H](C)C(O)C(Cl)c3ccc(COC(=O)CNC(=O)OC(C)(C)C)cc3)OC(=O)[C@H](CC(C)C)OC(=O)C(C)(C)CNC2=O)cc1Cl. The van der Waals surface area contributed by atoms with Gasteiger partial charge in [-0.05, 0) is 81.9 Å². The van der Waals surface area contributed by atoms with E-state index < -0.39 is 82.5 Å². The van der Waals surface area contributed by atoms with Gasteiger partial charge >= 0.3 is 24.0 Å². The first-order valence-corrected chi connectivity index (χ1v) is 20.8. The third-order valence-electron chi connectivity index (χ3n) is 9.47. The van der Waals surface area contributed by atoms with Crippen LogP contribution in [0.15, 0.2) is 54.6 Å². The Kier molecular flexibility index (Phi) is 18.9. The fourth-order valence-corrected chi connectivity index (χ4v) is 6.57. The number of methoxy groups -OCH3 is 1. The van der Waals surface area contributed by atoms with Crippen molar-refractivity contribution in [3.05, 3.63) is 76.3 Å². The minimum absolute atomic E-state index is 0.0619. The molecule has 0 aliphatic carbocycles. The largest absolute Gasteiger partial charge is 0.495 e. The van der Waals surface area contributed by atoms with E-state index in [4.69, 9.17) is 46.9 Å². The van der Waals surface area contributed by atoms with Gasteiger partial charge in [-0.2, -0.15) is 0 Å². The Morgan fingerprint density at radius 1 is 1.02 bits per heavy atom. The van der Waals surface area contributed by atoms with Gasteiger partial charge in [-0.1, -0.05) is 68.8 Å². The highest BCUT2D eigenvalue weighted by Crippen LogP contribution is 2.32. The molecule has 2 aromatic rings. The van der Waals surface area contributed by atoms with Gasteiger partial charge in [0.05, 0.1) is 29.0 Å². The number of alkyl carbamates (subject to hydrolysis) is 1. The molecular weight excluding hydrogens is 833 g/mol. The van der Waals surface area contributed by atoms with Gasteiger partial charge in [0.25, 0.3) is 0 Å². The van der Waals surface area contributed by atoms with Gasteiger partial charge in [-0.15, -0.1) is 11.6 Å². The molecule has 3 amide bonds. The Balaban J connectivity index is 1.83. The third kappa shape index (κ3) is 16.5. The molecule has 3 unspecified atom stereocenters. The molecule has 6 atom stereocenters. The lowest BCUT2D eigenvalue weighted by atomic mass is 9.91. The van der Waals surface area contributed by atoms with Gasteiger partial charge in [0.15, 0.2) is 6.10 Å². The number of halogens is 2. The lowest BCUT2D eigenvalue weighted by Crippen LogP contribution is -2.51. The number of esters is 3. The Morgan fingerprint density at radius 3 is 2.28 bits per heavy atom. The molecule has 15 nitrogen and oxygen atoms in total. The maximum absolute atomic E-state index is 13.8. The summed E-state index contributed by atoms with van der Waals surface area (Å²) in [6, 6.07) is 10.5. The van der Waals surface area contributed by atoms with Crippen LogP contribution < -0.4 is 20.7 Å². The van der Waals surface area contributed by atoms with E-state index >= 15 is 0 Å². The van der Waals surface area contributed by atoms with Crippen molar-refractivity contribution >= 4 is 59.0 Å². The molecule has 61 heavy (non-hydrogen) atoms. The van der Waals surface area contributed by atoms with Crippen LogP contribution in [0.4, 0.5) is 4.79 Å². The summed E-state index contributed by atoms with van der Waals surface area (Å²) in [5.74, 6) is -3.92. The average molecular weight is 893 g/mol. The van der Waals surface area contributed by atoms with Crippen LogP contribution in [0.1, 0.15) is 90.3 Å². The number of cyclic esters (lactones) is 2. The molecule has 0 fully saturated rings. The standard InChI is InChI=1S/C44H59Cl2N3O12/c1-25(2)19-34-40(54)59-32(26(3)38(52)37(46)29-16-13-27(14-17-29)23-58-36(51)22-47-42(56)61-43(4,5)6)11-10-12-35(50)49-31(21-28-15-18-33(57-9)30(45)20-28)39(53)48-24-44(7,8)41(55)60-34/h10-11,13-18,20,25-26,31-32,34,37-38,52H,12,19,21-24H2,1-9H3,(H,47,56)(H,48,53)(H,49,50)/t26-,31+,32?,34-,37?,38?/m0/s1. The monoisotopic (exact) mass is 891 g/mol. The molecule has 336 valence electrons. The Bertz CT molecular complexity index is 1880. The number of aliphatic hydroxyl groups excluding tert-OH is 1. The minimum atomic E-state index is -1.33. The normalized spacial score (nSPS) is 20.6. The molecule has 0 saturated heterocycles. The zero-order chi connectivity index (χ0) is 45.7. The second-order valence-electron chi connectivity index (χ2n) is 17.0. The maximum Gasteiger partial charge on any atom is 0.408 e. The molecule has 2 aromatic carbocycles. The van der Waals surface area contributed by atoms with Gasteiger partial charge in [0.1, 0.15) is 36.6 Å². The molecule has 3 rings (SSSR count).